The molecule has 2 rings (SSSR count). The van der Waals surface area contributed by atoms with Gasteiger partial charge in [-0.05, 0) is 37.0 Å². The van der Waals surface area contributed by atoms with Crippen molar-refractivity contribution in [2.45, 2.75) is 39.3 Å². The van der Waals surface area contributed by atoms with Gasteiger partial charge < -0.3 is 14.8 Å². The smallest absolute Gasteiger partial charge is 0.161 e. The summed E-state index contributed by atoms with van der Waals surface area (Å²) in [4.78, 5) is 0. The normalized spacial score (nSPS) is 21.7. The zero-order valence-electron chi connectivity index (χ0n) is 11.5. The fourth-order valence-corrected chi connectivity index (χ4v) is 2.30. The molecule has 0 radical (unpaired) electrons. The molecule has 1 aliphatic carbocycles. The average molecular weight is 249 g/mol. The Bertz CT molecular complexity index is 392. The Morgan fingerprint density at radius 2 is 2.11 bits per heavy atom. The second-order valence-corrected chi connectivity index (χ2v) is 4.81. The van der Waals surface area contributed by atoms with Crippen molar-refractivity contribution in [3.8, 4) is 11.5 Å². The average Bonchev–Trinajstić information content (AvgIpc) is 3.16. The summed E-state index contributed by atoms with van der Waals surface area (Å²) < 4.78 is 10.9. The van der Waals surface area contributed by atoms with E-state index in [2.05, 4.69) is 24.4 Å². The van der Waals surface area contributed by atoms with Crippen LogP contribution < -0.4 is 14.8 Å². The van der Waals surface area contributed by atoms with E-state index in [1.807, 2.05) is 13.0 Å². The van der Waals surface area contributed by atoms with Gasteiger partial charge in [-0.1, -0.05) is 19.4 Å². The van der Waals surface area contributed by atoms with Crippen molar-refractivity contribution in [3.63, 3.8) is 0 Å². The molecule has 100 valence electrons. The Morgan fingerprint density at radius 3 is 2.72 bits per heavy atom. The Morgan fingerprint density at radius 1 is 1.28 bits per heavy atom. The van der Waals surface area contributed by atoms with Crippen LogP contribution in [0, 0.1) is 5.92 Å². The molecule has 2 atom stereocenters. The lowest BCUT2D eigenvalue weighted by Crippen LogP contribution is -2.17. The predicted molar refractivity (Wildman–Crippen MR) is 73.2 cm³/mol. The predicted octanol–water partition coefficient (Wildman–Crippen LogP) is 2.98. The lowest BCUT2D eigenvalue weighted by Gasteiger charge is -2.11. The quantitative estimate of drug-likeness (QED) is 0.806. The topological polar surface area (TPSA) is 30.5 Å². The number of benzene rings is 1. The Hall–Kier alpha value is -1.22. The summed E-state index contributed by atoms with van der Waals surface area (Å²) in [5.41, 5.74) is 1.25. The Kier molecular flexibility index (Phi) is 4.48. The number of hydrogen-bond acceptors (Lipinski definition) is 3. The molecule has 1 fully saturated rings. The Labute approximate surface area is 109 Å². The highest BCUT2D eigenvalue weighted by atomic mass is 16.5. The minimum absolute atomic E-state index is 0.660. The summed E-state index contributed by atoms with van der Waals surface area (Å²) in [5, 5.41) is 3.58. The zero-order chi connectivity index (χ0) is 13.0. The number of rotatable bonds is 7. The maximum Gasteiger partial charge on any atom is 0.161 e. The molecule has 18 heavy (non-hydrogen) atoms. The molecule has 0 aliphatic heterocycles. The molecule has 0 saturated heterocycles. The van der Waals surface area contributed by atoms with Crippen LogP contribution in [0.3, 0.4) is 0 Å². The number of methoxy groups -OCH3 is 1. The van der Waals surface area contributed by atoms with Crippen LogP contribution in [-0.2, 0) is 6.54 Å². The summed E-state index contributed by atoms with van der Waals surface area (Å²) in [6.07, 6.45) is 2.61. The van der Waals surface area contributed by atoms with Gasteiger partial charge in [-0.3, -0.25) is 0 Å². The molecule has 1 aromatic carbocycles. The van der Waals surface area contributed by atoms with Crippen molar-refractivity contribution >= 4 is 0 Å². The van der Waals surface area contributed by atoms with Gasteiger partial charge in [-0.2, -0.15) is 0 Å². The second kappa shape index (κ2) is 6.10. The van der Waals surface area contributed by atoms with Gasteiger partial charge in [-0.15, -0.1) is 0 Å². The number of nitrogens with one attached hydrogen (secondary N) is 1. The van der Waals surface area contributed by atoms with Gasteiger partial charge in [0.2, 0.25) is 0 Å². The van der Waals surface area contributed by atoms with E-state index in [0.29, 0.717) is 12.6 Å². The molecule has 1 N–H and O–H groups in total. The van der Waals surface area contributed by atoms with E-state index >= 15 is 0 Å². The van der Waals surface area contributed by atoms with Crippen LogP contribution >= 0.6 is 0 Å². The van der Waals surface area contributed by atoms with Gasteiger partial charge >= 0.3 is 0 Å². The van der Waals surface area contributed by atoms with Crippen molar-refractivity contribution < 1.29 is 9.47 Å². The van der Waals surface area contributed by atoms with E-state index in [-0.39, 0.29) is 0 Å². The third-order valence-electron chi connectivity index (χ3n) is 3.54. The number of ether oxygens (including phenoxy) is 2. The van der Waals surface area contributed by atoms with Crippen molar-refractivity contribution in [2.75, 3.05) is 13.7 Å². The highest BCUT2D eigenvalue weighted by Crippen LogP contribution is 2.34. The van der Waals surface area contributed by atoms with Gasteiger partial charge in [0.1, 0.15) is 0 Å². The van der Waals surface area contributed by atoms with Gasteiger partial charge in [0.25, 0.3) is 0 Å². The zero-order valence-corrected chi connectivity index (χ0v) is 11.5. The van der Waals surface area contributed by atoms with E-state index < -0.39 is 0 Å². The van der Waals surface area contributed by atoms with Gasteiger partial charge in [0.15, 0.2) is 11.5 Å². The van der Waals surface area contributed by atoms with Crippen molar-refractivity contribution in [1.82, 2.24) is 5.32 Å². The fourth-order valence-electron chi connectivity index (χ4n) is 2.30. The highest BCUT2D eigenvalue weighted by molar-refractivity contribution is 5.43. The second-order valence-electron chi connectivity index (χ2n) is 4.81. The molecule has 1 aromatic rings. The number of hydrogen-bond donors (Lipinski definition) is 1. The summed E-state index contributed by atoms with van der Waals surface area (Å²) in [7, 11) is 1.67. The van der Waals surface area contributed by atoms with Crippen LogP contribution in [0.25, 0.3) is 0 Å². The van der Waals surface area contributed by atoms with Crippen molar-refractivity contribution in [1.29, 1.82) is 0 Å². The molecular weight excluding hydrogens is 226 g/mol. The molecule has 0 aromatic heterocycles. The molecule has 0 heterocycles. The first-order chi connectivity index (χ1) is 8.78. The third kappa shape index (κ3) is 3.16. The standard InChI is InChI=1S/C15H23NO2/c1-4-12-9-13(12)16-10-11-6-7-14(17-3)15(8-11)18-5-2/h6-8,12-13,16H,4-5,9-10H2,1-3H3. The molecule has 0 spiro atoms. The van der Waals surface area contributed by atoms with Crippen LogP contribution in [0.4, 0.5) is 0 Å². The molecule has 0 bridgehead atoms. The van der Waals surface area contributed by atoms with E-state index in [0.717, 1.165) is 24.0 Å². The lowest BCUT2D eigenvalue weighted by atomic mass is 10.2. The molecule has 3 nitrogen and oxygen atoms in total. The van der Waals surface area contributed by atoms with Crippen molar-refractivity contribution in [3.05, 3.63) is 23.8 Å². The maximum absolute atomic E-state index is 5.58. The van der Waals surface area contributed by atoms with E-state index in [1.54, 1.807) is 7.11 Å². The highest BCUT2D eigenvalue weighted by Gasteiger charge is 2.34. The molecular formula is C15H23NO2. The maximum atomic E-state index is 5.58. The summed E-state index contributed by atoms with van der Waals surface area (Å²) in [6, 6.07) is 6.86. The summed E-state index contributed by atoms with van der Waals surface area (Å²) in [5.74, 6) is 2.52. The van der Waals surface area contributed by atoms with Crippen LogP contribution in [0.15, 0.2) is 18.2 Å². The lowest BCUT2D eigenvalue weighted by molar-refractivity contribution is 0.310. The van der Waals surface area contributed by atoms with Crippen LogP contribution in [0.2, 0.25) is 0 Å². The molecule has 2 unspecified atom stereocenters. The SMILES string of the molecule is CCOc1cc(CNC2CC2CC)ccc1OC. The summed E-state index contributed by atoms with van der Waals surface area (Å²) >= 11 is 0. The van der Waals surface area contributed by atoms with E-state index in [9.17, 15) is 0 Å². The van der Waals surface area contributed by atoms with E-state index in [4.69, 9.17) is 9.47 Å². The molecule has 1 aliphatic rings. The first kappa shape index (κ1) is 13.2. The fraction of sp³-hybridized carbons (Fsp3) is 0.600. The minimum atomic E-state index is 0.660. The van der Waals surface area contributed by atoms with Crippen LogP contribution in [-0.4, -0.2) is 19.8 Å². The van der Waals surface area contributed by atoms with Crippen LogP contribution in [0.1, 0.15) is 32.3 Å². The van der Waals surface area contributed by atoms with Gasteiger partial charge in [-0.25, -0.2) is 0 Å². The molecule has 1 saturated carbocycles. The Balaban J connectivity index is 1.94. The molecule has 0 amide bonds. The molecule has 3 heteroatoms. The van der Waals surface area contributed by atoms with Gasteiger partial charge in [0, 0.05) is 12.6 Å². The minimum Gasteiger partial charge on any atom is -0.493 e. The monoisotopic (exact) mass is 249 g/mol. The van der Waals surface area contributed by atoms with Gasteiger partial charge in [0.05, 0.1) is 13.7 Å². The first-order valence-electron chi connectivity index (χ1n) is 6.81. The first-order valence-corrected chi connectivity index (χ1v) is 6.81. The van der Waals surface area contributed by atoms with Crippen LogP contribution in [0.5, 0.6) is 11.5 Å². The summed E-state index contributed by atoms with van der Waals surface area (Å²) in [6.45, 7) is 5.81. The largest absolute Gasteiger partial charge is 0.493 e. The van der Waals surface area contributed by atoms with Crippen molar-refractivity contribution in [2.24, 2.45) is 5.92 Å². The van der Waals surface area contributed by atoms with E-state index in [1.165, 1.54) is 18.4 Å². The third-order valence-corrected chi connectivity index (χ3v) is 3.54.